The topological polar surface area (TPSA) is 9.23 Å². The van der Waals surface area contributed by atoms with Gasteiger partial charge in [-0.05, 0) is 0 Å². The van der Waals surface area contributed by atoms with Crippen molar-refractivity contribution in [2.24, 2.45) is 0 Å². The van der Waals surface area contributed by atoms with Gasteiger partial charge in [0.2, 0.25) is 0 Å². The number of rotatable bonds is 3. The Labute approximate surface area is 125 Å². The first-order valence-electron chi connectivity index (χ1n) is 4.68. The summed E-state index contributed by atoms with van der Waals surface area (Å²) < 4.78 is 183. The van der Waals surface area contributed by atoms with Gasteiger partial charge in [0.1, 0.15) is 0 Å². The summed E-state index contributed by atoms with van der Waals surface area (Å²) in [6.45, 7) is 0. The Kier molecular flexibility index (Phi) is 8.15. The zero-order valence-electron chi connectivity index (χ0n) is 10.5. The summed E-state index contributed by atoms with van der Waals surface area (Å²) in [4.78, 5) is 0. The first kappa shape index (κ1) is 25.4. The monoisotopic (exact) mass is 416 g/mol. The van der Waals surface area contributed by atoms with Crippen LogP contribution in [0, 0.1) is 0 Å². The first-order valence-corrected chi connectivity index (χ1v) is 4.68. The van der Waals surface area contributed by atoms with Crippen LogP contribution in [0.15, 0.2) is 24.0 Å². The number of halogens is 16. The maximum atomic E-state index is 12.0. The average molecular weight is 416 g/mol. The van der Waals surface area contributed by atoms with Crippen molar-refractivity contribution in [3.63, 3.8) is 0 Å². The highest BCUT2D eigenvalue weighted by atomic mass is 19.4. The SMILES string of the molecule is FC(F)=C(F)C(F)(F)F.FC(F)=C(F)OC(F)(F)C(F)(F)C(F)(F)F. The normalized spacial score (nSPS) is 12.8. The Morgan fingerprint density at radius 3 is 1.08 bits per heavy atom. The van der Waals surface area contributed by atoms with Crippen molar-refractivity contribution in [2.75, 3.05) is 0 Å². The van der Waals surface area contributed by atoms with Crippen molar-refractivity contribution in [2.45, 2.75) is 24.4 Å². The van der Waals surface area contributed by atoms with Crippen LogP contribution in [0.1, 0.15) is 0 Å². The summed E-state index contributed by atoms with van der Waals surface area (Å²) in [5.74, 6) is -10.1. The molecule has 17 heteroatoms. The highest BCUT2D eigenvalue weighted by Crippen LogP contribution is 2.48. The van der Waals surface area contributed by atoms with Crippen LogP contribution < -0.4 is 0 Å². The Morgan fingerprint density at radius 1 is 0.560 bits per heavy atom. The van der Waals surface area contributed by atoms with E-state index in [1.807, 2.05) is 4.74 Å². The number of hydrogen-bond donors (Lipinski definition) is 0. The molecule has 0 aromatic carbocycles. The zero-order chi connectivity index (χ0) is 21.0. The number of alkyl halides is 10. The molecule has 0 heterocycles. The summed E-state index contributed by atoms with van der Waals surface area (Å²) in [7, 11) is 0. The number of hydrogen-bond acceptors (Lipinski definition) is 1. The molecule has 0 aliphatic heterocycles. The molecule has 0 aliphatic rings. The Bertz CT molecular complexity index is 499. The number of allylic oxidation sites excluding steroid dienone is 1. The highest BCUT2D eigenvalue weighted by Gasteiger charge is 2.76. The minimum Gasteiger partial charge on any atom is -0.397 e. The lowest BCUT2D eigenvalue weighted by molar-refractivity contribution is -0.419. The molecule has 0 fully saturated rings. The van der Waals surface area contributed by atoms with Gasteiger partial charge in [0, 0.05) is 0 Å². The van der Waals surface area contributed by atoms with Crippen molar-refractivity contribution in [3.05, 3.63) is 24.0 Å². The molecule has 25 heavy (non-hydrogen) atoms. The molecule has 0 saturated carbocycles. The largest absolute Gasteiger partial charge is 0.476 e. The predicted molar refractivity (Wildman–Crippen MR) is 43.8 cm³/mol. The van der Waals surface area contributed by atoms with Crippen LogP contribution in [0.5, 0.6) is 0 Å². The highest BCUT2D eigenvalue weighted by molar-refractivity contribution is 4.98. The molecule has 150 valence electrons. The fourth-order valence-corrected chi connectivity index (χ4v) is 0.487. The molecule has 1 nitrogen and oxygen atoms in total. The van der Waals surface area contributed by atoms with Gasteiger partial charge in [0.05, 0.1) is 0 Å². The second-order valence-corrected chi connectivity index (χ2v) is 3.30. The second-order valence-electron chi connectivity index (χ2n) is 3.30. The Hall–Kier alpha value is -1.84. The molecule has 0 aromatic heterocycles. The maximum absolute atomic E-state index is 12.0. The molecular weight excluding hydrogens is 416 g/mol. The molecule has 0 spiro atoms. The van der Waals surface area contributed by atoms with E-state index in [-0.39, 0.29) is 0 Å². The van der Waals surface area contributed by atoms with E-state index in [1.54, 1.807) is 0 Å². The van der Waals surface area contributed by atoms with Crippen molar-refractivity contribution in [3.8, 4) is 0 Å². The number of ether oxygens (including phenoxy) is 1. The third kappa shape index (κ3) is 7.29. The van der Waals surface area contributed by atoms with Crippen LogP contribution in [0.25, 0.3) is 0 Å². The standard InChI is InChI=1S/C5F10O.C3F6/c6-1(7)2(8)16-5(14,15)3(9,10)4(11,12)13;4-1(2(5)6)3(7,8)9. The molecule has 0 unspecified atom stereocenters. The van der Waals surface area contributed by atoms with Gasteiger partial charge in [-0.3, -0.25) is 0 Å². The van der Waals surface area contributed by atoms with E-state index in [1.165, 1.54) is 0 Å². The third-order valence-corrected chi connectivity index (χ3v) is 1.50. The van der Waals surface area contributed by atoms with Gasteiger partial charge in [-0.1, -0.05) is 0 Å². The fourth-order valence-electron chi connectivity index (χ4n) is 0.487. The van der Waals surface area contributed by atoms with E-state index in [9.17, 15) is 70.2 Å². The van der Waals surface area contributed by atoms with Gasteiger partial charge in [-0.15, -0.1) is 0 Å². The van der Waals surface area contributed by atoms with Gasteiger partial charge < -0.3 is 4.74 Å². The summed E-state index contributed by atoms with van der Waals surface area (Å²) >= 11 is 0. The zero-order valence-corrected chi connectivity index (χ0v) is 10.5. The van der Waals surface area contributed by atoms with Crippen LogP contribution in [0.3, 0.4) is 0 Å². The lowest BCUT2D eigenvalue weighted by Gasteiger charge is -2.26. The van der Waals surface area contributed by atoms with Gasteiger partial charge in [-0.2, -0.15) is 70.2 Å². The second kappa shape index (κ2) is 8.03. The van der Waals surface area contributed by atoms with E-state index < -0.39 is 48.4 Å². The minimum atomic E-state index is -6.81. The van der Waals surface area contributed by atoms with Crippen molar-refractivity contribution in [1.82, 2.24) is 0 Å². The molecule has 0 N–H and O–H groups in total. The smallest absolute Gasteiger partial charge is 0.397 e. The predicted octanol–water partition coefficient (Wildman–Crippen LogP) is 6.45. The van der Waals surface area contributed by atoms with Crippen LogP contribution in [-0.2, 0) is 4.74 Å². The first-order chi connectivity index (χ1) is 10.7. The van der Waals surface area contributed by atoms with Crippen LogP contribution in [-0.4, -0.2) is 24.4 Å². The van der Waals surface area contributed by atoms with E-state index >= 15 is 0 Å². The van der Waals surface area contributed by atoms with Gasteiger partial charge in [0.15, 0.2) is 0 Å². The molecule has 0 saturated heterocycles. The maximum Gasteiger partial charge on any atom is 0.476 e. The molecule has 0 bridgehead atoms. The van der Waals surface area contributed by atoms with Gasteiger partial charge >= 0.3 is 42.6 Å². The van der Waals surface area contributed by atoms with Gasteiger partial charge in [0.25, 0.3) is 5.83 Å². The van der Waals surface area contributed by atoms with E-state index in [4.69, 9.17) is 0 Å². The van der Waals surface area contributed by atoms with Crippen LogP contribution in [0.2, 0.25) is 0 Å². The van der Waals surface area contributed by atoms with E-state index in [0.717, 1.165) is 0 Å². The Balaban J connectivity index is 0. The summed E-state index contributed by atoms with van der Waals surface area (Å²) in [5.41, 5.74) is 0. The van der Waals surface area contributed by atoms with Crippen LogP contribution in [0.4, 0.5) is 70.2 Å². The lowest BCUT2D eigenvalue weighted by atomic mass is 10.3. The molecule has 0 amide bonds. The fraction of sp³-hybridized carbons (Fsp3) is 0.500. The molecule has 0 rings (SSSR count). The molecule has 0 aromatic rings. The molecule has 0 atom stereocenters. The average Bonchev–Trinajstić information content (AvgIpc) is 2.35. The molecular formula is C8F16O. The van der Waals surface area contributed by atoms with Crippen molar-refractivity contribution < 1.29 is 75.0 Å². The van der Waals surface area contributed by atoms with E-state index in [2.05, 4.69) is 0 Å². The van der Waals surface area contributed by atoms with E-state index in [0.29, 0.717) is 0 Å². The Morgan fingerprint density at radius 2 is 0.920 bits per heavy atom. The molecule has 0 radical (unpaired) electrons. The van der Waals surface area contributed by atoms with Gasteiger partial charge in [-0.25, -0.2) is 0 Å². The summed E-state index contributed by atoms with van der Waals surface area (Å²) in [5, 5.41) is 0. The molecule has 0 aliphatic carbocycles. The van der Waals surface area contributed by atoms with Crippen LogP contribution >= 0.6 is 0 Å². The summed E-state index contributed by atoms with van der Waals surface area (Å²) in [6.07, 6.45) is -25.8. The quantitative estimate of drug-likeness (QED) is 0.380. The lowest BCUT2D eigenvalue weighted by Crippen LogP contribution is -2.53. The van der Waals surface area contributed by atoms with Crippen molar-refractivity contribution >= 4 is 0 Å². The minimum absolute atomic E-state index is 1.95. The van der Waals surface area contributed by atoms with Crippen molar-refractivity contribution in [1.29, 1.82) is 0 Å². The third-order valence-electron chi connectivity index (χ3n) is 1.50. The summed E-state index contributed by atoms with van der Waals surface area (Å²) in [6, 6.07) is -3.52.